The number of amides is 1. The highest BCUT2D eigenvalue weighted by molar-refractivity contribution is 8.00. The molecule has 0 saturated carbocycles. The van der Waals surface area contributed by atoms with E-state index in [0.29, 0.717) is 12.3 Å². The molecule has 5 heteroatoms. The highest BCUT2D eigenvalue weighted by Gasteiger charge is 2.10. The molecule has 0 atom stereocenters. The first-order chi connectivity index (χ1) is 11.7. The van der Waals surface area contributed by atoms with Crippen LogP contribution in [0.2, 0.25) is 0 Å². The van der Waals surface area contributed by atoms with Gasteiger partial charge in [-0.15, -0.1) is 11.8 Å². The first-order valence-electron chi connectivity index (χ1n) is 8.08. The van der Waals surface area contributed by atoms with Crippen LogP contribution in [0.15, 0.2) is 53.4 Å². The van der Waals surface area contributed by atoms with Crippen LogP contribution in [-0.4, -0.2) is 21.2 Å². The number of nitrogens with zero attached hydrogens (tertiary/aromatic N) is 2. The van der Waals surface area contributed by atoms with E-state index in [1.54, 1.807) is 11.8 Å². The van der Waals surface area contributed by atoms with Gasteiger partial charge in [-0.25, -0.2) is 4.98 Å². The normalized spacial score (nSPS) is 10.9. The van der Waals surface area contributed by atoms with Gasteiger partial charge in [0.25, 0.3) is 0 Å². The van der Waals surface area contributed by atoms with Crippen molar-refractivity contribution in [1.29, 1.82) is 0 Å². The number of aryl methyl sites for hydroxylation is 2. The van der Waals surface area contributed by atoms with Crippen molar-refractivity contribution in [3.8, 4) is 0 Å². The summed E-state index contributed by atoms with van der Waals surface area (Å²) in [7, 11) is 0. The van der Waals surface area contributed by atoms with E-state index in [0.717, 1.165) is 28.3 Å². The van der Waals surface area contributed by atoms with E-state index in [2.05, 4.69) is 40.8 Å². The van der Waals surface area contributed by atoms with Crippen LogP contribution < -0.4 is 5.32 Å². The third-order valence-corrected chi connectivity index (χ3v) is 5.12. The molecule has 0 radical (unpaired) electrons. The molecule has 0 bridgehead atoms. The van der Waals surface area contributed by atoms with Crippen LogP contribution in [0.3, 0.4) is 0 Å². The number of benzene rings is 2. The summed E-state index contributed by atoms with van der Waals surface area (Å²) in [5.74, 6) is 1.34. The summed E-state index contributed by atoms with van der Waals surface area (Å²) in [6.07, 6.45) is 0. The number of para-hydroxylation sites is 2. The first kappa shape index (κ1) is 16.6. The number of carbonyl (C=O) groups excluding carboxylic acids is 1. The fourth-order valence-electron chi connectivity index (χ4n) is 2.70. The molecule has 1 aromatic heterocycles. The van der Waals surface area contributed by atoms with Crippen molar-refractivity contribution in [3.63, 3.8) is 0 Å². The van der Waals surface area contributed by atoms with Crippen LogP contribution in [0.25, 0.3) is 11.0 Å². The van der Waals surface area contributed by atoms with Gasteiger partial charge in [0.2, 0.25) is 5.91 Å². The predicted octanol–water partition coefficient (Wildman–Crippen LogP) is 3.77. The summed E-state index contributed by atoms with van der Waals surface area (Å²) >= 11 is 1.57. The minimum absolute atomic E-state index is 0.0259. The van der Waals surface area contributed by atoms with Crippen molar-refractivity contribution in [2.75, 3.05) is 5.75 Å². The molecule has 124 valence electrons. The Morgan fingerprint density at radius 2 is 1.92 bits per heavy atom. The van der Waals surface area contributed by atoms with Gasteiger partial charge in [-0.2, -0.15) is 0 Å². The van der Waals surface area contributed by atoms with Gasteiger partial charge in [0.05, 0.1) is 23.3 Å². The van der Waals surface area contributed by atoms with E-state index in [-0.39, 0.29) is 5.91 Å². The number of thioether (sulfide) groups is 1. The molecule has 2 aromatic carbocycles. The van der Waals surface area contributed by atoms with Gasteiger partial charge in [-0.3, -0.25) is 4.79 Å². The van der Waals surface area contributed by atoms with Crippen LogP contribution >= 0.6 is 11.8 Å². The molecule has 0 fully saturated rings. The Morgan fingerprint density at radius 3 is 2.71 bits per heavy atom. The molecule has 1 amide bonds. The molecule has 0 saturated heterocycles. The van der Waals surface area contributed by atoms with E-state index in [1.807, 2.05) is 36.4 Å². The van der Waals surface area contributed by atoms with Crippen molar-refractivity contribution in [3.05, 3.63) is 59.9 Å². The summed E-state index contributed by atoms with van der Waals surface area (Å²) in [6.45, 7) is 5.44. The molecule has 0 aliphatic heterocycles. The average molecular weight is 339 g/mol. The zero-order valence-electron chi connectivity index (χ0n) is 14.0. The molecule has 3 aromatic rings. The smallest absolute Gasteiger partial charge is 0.230 e. The second-order valence-electron chi connectivity index (χ2n) is 5.59. The summed E-state index contributed by atoms with van der Waals surface area (Å²) in [4.78, 5) is 17.9. The van der Waals surface area contributed by atoms with Gasteiger partial charge in [0.1, 0.15) is 5.82 Å². The third-order valence-electron chi connectivity index (χ3n) is 3.95. The molecule has 24 heavy (non-hydrogen) atoms. The van der Waals surface area contributed by atoms with Gasteiger partial charge >= 0.3 is 0 Å². The lowest BCUT2D eigenvalue weighted by Gasteiger charge is -2.08. The fraction of sp³-hybridized carbons (Fsp3) is 0.263. The van der Waals surface area contributed by atoms with Crippen molar-refractivity contribution < 1.29 is 4.79 Å². The number of rotatable bonds is 6. The lowest BCUT2D eigenvalue weighted by Crippen LogP contribution is -2.26. The Labute approximate surface area is 146 Å². The van der Waals surface area contributed by atoms with Gasteiger partial charge in [-0.1, -0.05) is 30.3 Å². The topological polar surface area (TPSA) is 46.9 Å². The number of hydrogen-bond donors (Lipinski definition) is 1. The monoisotopic (exact) mass is 339 g/mol. The summed E-state index contributed by atoms with van der Waals surface area (Å²) < 4.78 is 2.14. The molecule has 1 N–H and O–H groups in total. The highest BCUT2D eigenvalue weighted by atomic mass is 32.2. The van der Waals surface area contributed by atoms with Crippen LogP contribution in [0.1, 0.15) is 18.3 Å². The van der Waals surface area contributed by atoms with Crippen LogP contribution in [-0.2, 0) is 17.9 Å². The Kier molecular flexibility index (Phi) is 5.20. The number of hydrogen-bond acceptors (Lipinski definition) is 3. The number of aromatic nitrogens is 2. The van der Waals surface area contributed by atoms with Crippen molar-refractivity contribution in [2.45, 2.75) is 31.8 Å². The van der Waals surface area contributed by atoms with E-state index < -0.39 is 0 Å². The summed E-state index contributed by atoms with van der Waals surface area (Å²) in [5.41, 5.74) is 3.28. The van der Waals surface area contributed by atoms with Crippen molar-refractivity contribution in [1.82, 2.24) is 14.9 Å². The second-order valence-corrected chi connectivity index (χ2v) is 6.61. The zero-order valence-corrected chi connectivity index (χ0v) is 14.8. The van der Waals surface area contributed by atoms with Crippen molar-refractivity contribution in [2.24, 2.45) is 0 Å². The van der Waals surface area contributed by atoms with Gasteiger partial charge < -0.3 is 9.88 Å². The van der Waals surface area contributed by atoms with Gasteiger partial charge in [0, 0.05) is 11.4 Å². The summed E-state index contributed by atoms with van der Waals surface area (Å²) in [6, 6.07) is 16.2. The van der Waals surface area contributed by atoms with E-state index in [4.69, 9.17) is 0 Å². The minimum atomic E-state index is 0.0259. The van der Waals surface area contributed by atoms with E-state index in [9.17, 15) is 4.79 Å². The van der Waals surface area contributed by atoms with Crippen molar-refractivity contribution >= 4 is 28.7 Å². The maximum atomic E-state index is 12.1. The Balaban J connectivity index is 1.61. The Hall–Kier alpha value is -2.27. The van der Waals surface area contributed by atoms with Crippen LogP contribution in [0, 0.1) is 6.92 Å². The van der Waals surface area contributed by atoms with Crippen LogP contribution in [0.5, 0.6) is 0 Å². The quantitative estimate of drug-likeness (QED) is 0.695. The number of fused-ring (bicyclic) bond motifs is 1. The number of nitrogens with one attached hydrogen (secondary N) is 1. The first-order valence-corrected chi connectivity index (χ1v) is 9.07. The number of carbonyl (C=O) groups is 1. The molecular formula is C19H21N3OS. The molecule has 0 aliphatic rings. The molecule has 4 nitrogen and oxygen atoms in total. The maximum absolute atomic E-state index is 12.1. The predicted molar refractivity (Wildman–Crippen MR) is 99.2 cm³/mol. The molecule has 0 aliphatic carbocycles. The largest absolute Gasteiger partial charge is 0.348 e. The van der Waals surface area contributed by atoms with E-state index >= 15 is 0 Å². The molecule has 1 heterocycles. The number of imidazole rings is 1. The summed E-state index contributed by atoms with van der Waals surface area (Å²) in [5, 5.41) is 2.98. The molecule has 0 spiro atoms. The fourth-order valence-corrected chi connectivity index (χ4v) is 3.56. The maximum Gasteiger partial charge on any atom is 0.230 e. The Bertz CT molecular complexity index is 857. The SMILES string of the molecule is CCn1c(CNC(=O)CSc2ccccc2C)nc2ccccc21. The standard InChI is InChI=1S/C19H21N3OS/c1-3-22-16-10-6-5-9-15(16)21-18(22)12-20-19(23)13-24-17-11-7-4-8-14(17)2/h4-11H,3,12-13H2,1-2H3,(H,20,23). The second kappa shape index (κ2) is 7.53. The van der Waals surface area contributed by atoms with E-state index in [1.165, 1.54) is 5.56 Å². The molecule has 3 rings (SSSR count). The molecular weight excluding hydrogens is 318 g/mol. The minimum Gasteiger partial charge on any atom is -0.348 e. The Morgan fingerprint density at radius 1 is 1.17 bits per heavy atom. The van der Waals surface area contributed by atoms with Gasteiger partial charge in [-0.05, 0) is 37.6 Å². The van der Waals surface area contributed by atoms with Gasteiger partial charge in [0.15, 0.2) is 0 Å². The molecule has 0 unspecified atom stereocenters. The lowest BCUT2D eigenvalue weighted by molar-refractivity contribution is -0.118. The average Bonchev–Trinajstić information content (AvgIpc) is 2.96. The zero-order chi connectivity index (χ0) is 16.9. The van der Waals surface area contributed by atoms with Crippen LogP contribution in [0.4, 0.5) is 0 Å². The third kappa shape index (κ3) is 3.62. The highest BCUT2D eigenvalue weighted by Crippen LogP contribution is 2.21. The lowest BCUT2D eigenvalue weighted by atomic mass is 10.2.